The van der Waals surface area contributed by atoms with E-state index in [0.717, 1.165) is 37.8 Å². The largest absolute Gasteiger partial charge is 0.416 e. The van der Waals surface area contributed by atoms with Gasteiger partial charge in [-0.2, -0.15) is 13.2 Å². The van der Waals surface area contributed by atoms with E-state index < -0.39 is 23.2 Å². The molecule has 1 aromatic carbocycles. The molecule has 6 nitrogen and oxygen atoms in total. The lowest BCUT2D eigenvalue weighted by atomic mass is 10.1. The Kier molecular flexibility index (Phi) is 6.28. The Morgan fingerprint density at radius 3 is 2.30 bits per heavy atom. The molecule has 2 heterocycles. The summed E-state index contributed by atoms with van der Waals surface area (Å²) in [5.74, 6) is -1.11. The average molecular weight is 421 g/mol. The van der Waals surface area contributed by atoms with Crippen LogP contribution in [0, 0.1) is 0 Å². The predicted molar refractivity (Wildman–Crippen MR) is 105 cm³/mol. The topological polar surface area (TPSA) is 71.4 Å². The fraction of sp³-hybridized carbons (Fsp3) is 0.381. The van der Waals surface area contributed by atoms with Gasteiger partial charge in [-0.1, -0.05) is 18.9 Å². The van der Waals surface area contributed by atoms with Crippen LogP contribution in [0.15, 0.2) is 41.3 Å². The standard InChI is InChI=1S/C21H22F3N3O3/c1-26-13-15(19(29)27-9-4-2-3-5-10-27)12-17(20(26)30)25-18(28)14-7-6-8-16(11-14)21(22,23)24/h6-8,11-13H,2-5,9-10H2,1H3,(H,25,28). The number of pyridine rings is 1. The SMILES string of the molecule is Cn1cc(C(=O)N2CCCCCC2)cc(NC(=O)c2cccc(C(F)(F)F)c2)c1=O. The van der Waals surface area contributed by atoms with Gasteiger partial charge in [-0.25, -0.2) is 0 Å². The quantitative estimate of drug-likeness (QED) is 0.822. The highest BCUT2D eigenvalue weighted by molar-refractivity contribution is 6.05. The smallest absolute Gasteiger partial charge is 0.339 e. The normalized spacial score (nSPS) is 14.9. The monoisotopic (exact) mass is 421 g/mol. The number of halogens is 3. The van der Waals surface area contributed by atoms with E-state index in [1.54, 1.807) is 4.90 Å². The lowest BCUT2D eigenvalue weighted by Crippen LogP contribution is -2.33. The molecule has 30 heavy (non-hydrogen) atoms. The number of carbonyl (C=O) groups excluding carboxylic acids is 2. The van der Waals surface area contributed by atoms with Crippen LogP contribution in [0.5, 0.6) is 0 Å². The first-order valence-corrected chi connectivity index (χ1v) is 9.65. The van der Waals surface area contributed by atoms with Crippen LogP contribution >= 0.6 is 0 Å². The number of amides is 2. The van der Waals surface area contributed by atoms with E-state index in [9.17, 15) is 27.6 Å². The van der Waals surface area contributed by atoms with E-state index in [1.807, 2.05) is 0 Å². The molecule has 9 heteroatoms. The van der Waals surface area contributed by atoms with Gasteiger partial charge in [0.25, 0.3) is 17.4 Å². The summed E-state index contributed by atoms with van der Waals surface area (Å²) in [7, 11) is 1.45. The molecular weight excluding hydrogens is 399 g/mol. The third-order valence-corrected chi connectivity index (χ3v) is 5.02. The van der Waals surface area contributed by atoms with Gasteiger partial charge in [0.1, 0.15) is 5.69 Å². The summed E-state index contributed by atoms with van der Waals surface area (Å²) < 4.78 is 39.9. The lowest BCUT2D eigenvalue weighted by Gasteiger charge is -2.21. The zero-order valence-electron chi connectivity index (χ0n) is 16.5. The highest BCUT2D eigenvalue weighted by Gasteiger charge is 2.31. The van der Waals surface area contributed by atoms with Crippen molar-refractivity contribution in [2.24, 2.45) is 7.05 Å². The van der Waals surface area contributed by atoms with Gasteiger partial charge in [-0.3, -0.25) is 14.4 Å². The molecule has 0 unspecified atom stereocenters. The van der Waals surface area contributed by atoms with Crippen LogP contribution in [0.25, 0.3) is 0 Å². The molecule has 0 radical (unpaired) electrons. The summed E-state index contributed by atoms with van der Waals surface area (Å²) in [6.07, 6.45) is 0.708. The zero-order valence-corrected chi connectivity index (χ0v) is 16.5. The summed E-state index contributed by atoms with van der Waals surface area (Å²) in [6.45, 7) is 1.24. The van der Waals surface area contributed by atoms with Crippen LogP contribution in [0.1, 0.15) is 52.0 Å². The van der Waals surface area contributed by atoms with Crippen molar-refractivity contribution in [1.29, 1.82) is 0 Å². The maximum absolute atomic E-state index is 12.9. The molecule has 1 aromatic heterocycles. The summed E-state index contributed by atoms with van der Waals surface area (Å²) in [4.78, 5) is 39.4. The number of anilines is 1. The number of hydrogen-bond donors (Lipinski definition) is 1. The molecule has 0 bridgehead atoms. The third-order valence-electron chi connectivity index (χ3n) is 5.02. The lowest BCUT2D eigenvalue weighted by molar-refractivity contribution is -0.137. The molecule has 1 aliphatic heterocycles. The summed E-state index contributed by atoms with van der Waals surface area (Å²) in [6, 6.07) is 5.19. The van der Waals surface area contributed by atoms with Crippen molar-refractivity contribution in [2.45, 2.75) is 31.9 Å². The first-order chi connectivity index (χ1) is 14.2. The van der Waals surface area contributed by atoms with E-state index in [0.29, 0.717) is 19.2 Å². The van der Waals surface area contributed by atoms with E-state index >= 15 is 0 Å². The van der Waals surface area contributed by atoms with Crippen LogP contribution < -0.4 is 10.9 Å². The molecular formula is C21H22F3N3O3. The molecule has 0 aliphatic carbocycles. The highest BCUT2D eigenvalue weighted by atomic mass is 19.4. The highest BCUT2D eigenvalue weighted by Crippen LogP contribution is 2.29. The average Bonchev–Trinajstić information content (AvgIpc) is 2.99. The minimum Gasteiger partial charge on any atom is -0.339 e. The second kappa shape index (κ2) is 8.73. The van der Waals surface area contributed by atoms with Crippen molar-refractivity contribution in [2.75, 3.05) is 18.4 Å². The Hall–Kier alpha value is -3.10. The van der Waals surface area contributed by atoms with Crippen molar-refractivity contribution >= 4 is 17.5 Å². The molecule has 2 aromatic rings. The molecule has 0 atom stereocenters. The summed E-state index contributed by atoms with van der Waals surface area (Å²) >= 11 is 0. The molecule has 2 amide bonds. The van der Waals surface area contributed by atoms with E-state index in [1.165, 1.54) is 29.9 Å². The minimum atomic E-state index is -4.59. The van der Waals surface area contributed by atoms with Gasteiger partial charge in [-0.15, -0.1) is 0 Å². The van der Waals surface area contributed by atoms with Gasteiger partial charge in [0.2, 0.25) is 0 Å². The van der Waals surface area contributed by atoms with Crippen molar-refractivity contribution in [3.63, 3.8) is 0 Å². The second-order valence-electron chi connectivity index (χ2n) is 7.30. The number of nitrogens with one attached hydrogen (secondary N) is 1. The van der Waals surface area contributed by atoms with Gasteiger partial charge in [-0.05, 0) is 37.1 Å². The molecule has 1 aliphatic rings. The Labute approximate surface area is 171 Å². The van der Waals surface area contributed by atoms with Crippen LogP contribution in [0.3, 0.4) is 0 Å². The fourth-order valence-corrected chi connectivity index (χ4v) is 3.41. The Morgan fingerprint density at radius 2 is 1.67 bits per heavy atom. The van der Waals surface area contributed by atoms with Crippen LogP contribution in [-0.2, 0) is 13.2 Å². The maximum Gasteiger partial charge on any atom is 0.416 e. The molecule has 1 fully saturated rings. The van der Waals surface area contributed by atoms with Crippen LogP contribution in [-0.4, -0.2) is 34.4 Å². The Balaban J connectivity index is 1.86. The van der Waals surface area contributed by atoms with E-state index in [-0.39, 0.29) is 22.7 Å². The number of aromatic nitrogens is 1. The molecule has 1 N–H and O–H groups in total. The number of alkyl halides is 3. The Morgan fingerprint density at radius 1 is 1.00 bits per heavy atom. The van der Waals surface area contributed by atoms with Crippen molar-refractivity contribution < 1.29 is 22.8 Å². The van der Waals surface area contributed by atoms with Gasteiger partial charge in [0, 0.05) is 31.9 Å². The number of aryl methyl sites for hydroxylation is 1. The summed E-state index contributed by atoms with van der Waals surface area (Å²) in [5.41, 5.74) is -1.70. The zero-order chi connectivity index (χ0) is 21.9. The van der Waals surface area contributed by atoms with Crippen molar-refractivity contribution in [3.8, 4) is 0 Å². The number of benzene rings is 1. The van der Waals surface area contributed by atoms with E-state index in [4.69, 9.17) is 0 Å². The van der Waals surface area contributed by atoms with Crippen LogP contribution in [0.2, 0.25) is 0 Å². The number of nitrogens with zero attached hydrogens (tertiary/aromatic N) is 2. The Bertz CT molecular complexity index is 1010. The first kappa shape index (κ1) is 21.6. The van der Waals surface area contributed by atoms with Gasteiger partial charge >= 0.3 is 6.18 Å². The molecule has 1 saturated heterocycles. The van der Waals surface area contributed by atoms with Gasteiger partial charge in [0.05, 0.1) is 11.1 Å². The number of carbonyl (C=O) groups is 2. The second-order valence-corrected chi connectivity index (χ2v) is 7.30. The van der Waals surface area contributed by atoms with Crippen LogP contribution in [0.4, 0.5) is 18.9 Å². The molecule has 0 saturated carbocycles. The number of hydrogen-bond acceptors (Lipinski definition) is 3. The third kappa shape index (κ3) is 4.90. The minimum absolute atomic E-state index is 0.166. The van der Waals surface area contributed by atoms with Crippen molar-refractivity contribution in [3.05, 3.63) is 63.6 Å². The maximum atomic E-state index is 12.9. The molecule has 0 spiro atoms. The number of likely N-dealkylation sites (tertiary alicyclic amines) is 1. The van der Waals surface area contributed by atoms with E-state index in [2.05, 4.69) is 5.32 Å². The van der Waals surface area contributed by atoms with Gasteiger partial charge in [0.15, 0.2) is 0 Å². The summed E-state index contributed by atoms with van der Waals surface area (Å²) in [5, 5.41) is 2.35. The van der Waals surface area contributed by atoms with Gasteiger partial charge < -0.3 is 14.8 Å². The first-order valence-electron chi connectivity index (χ1n) is 9.65. The fourth-order valence-electron chi connectivity index (χ4n) is 3.41. The predicted octanol–water partition coefficient (Wildman–Crippen LogP) is 3.67. The van der Waals surface area contributed by atoms with Crippen molar-refractivity contribution in [1.82, 2.24) is 9.47 Å². The number of rotatable bonds is 3. The molecule has 160 valence electrons. The molecule has 3 rings (SSSR count).